The third-order valence-corrected chi connectivity index (χ3v) is 1.67. The Morgan fingerprint density at radius 2 is 0.882 bits per heavy atom. The first kappa shape index (κ1) is 19.7. The van der Waals surface area contributed by atoms with Crippen molar-refractivity contribution >= 4 is 17.9 Å². The molecule has 1 aromatic rings. The Morgan fingerprint density at radius 1 is 0.706 bits per heavy atom. The molecule has 0 saturated heterocycles. The molecular weight excluding hydrogens is 445 g/mol. The van der Waals surface area contributed by atoms with Crippen LogP contribution in [0.2, 0.25) is 0 Å². The number of rotatable bonds is 3. The van der Waals surface area contributed by atoms with E-state index >= 15 is 0 Å². The molecule has 6 nitrogen and oxygen atoms in total. The van der Waals surface area contributed by atoms with Crippen LogP contribution in [0, 0.1) is 49.4 Å². The van der Waals surface area contributed by atoms with Crippen LogP contribution < -0.4 is 0 Å². The molecule has 0 aliphatic rings. The van der Waals surface area contributed by atoms with Crippen LogP contribution in [0.5, 0.6) is 0 Å². The van der Waals surface area contributed by atoms with Gasteiger partial charge in [-0.1, -0.05) is 0 Å². The zero-order valence-corrected chi connectivity index (χ0v) is 13.5. The molecule has 0 aromatic heterocycles. The topological polar surface area (TPSA) is 112 Å². The second kappa shape index (κ2) is 8.43. The molecule has 0 bridgehead atoms. The van der Waals surface area contributed by atoms with Crippen LogP contribution in [-0.2, 0) is 32.7 Å². The van der Waals surface area contributed by atoms with E-state index in [-0.39, 0.29) is 98.8 Å². The first-order valence-electron chi connectivity index (χ1n) is 3.77. The second-order valence-electron chi connectivity index (χ2n) is 2.71. The van der Waals surface area contributed by atoms with Crippen molar-refractivity contribution in [2.24, 2.45) is 0 Å². The minimum atomic E-state index is -1.37. The Balaban J connectivity index is 0. The molecule has 17 heavy (non-hydrogen) atoms. The van der Waals surface area contributed by atoms with E-state index in [0.717, 1.165) is 18.2 Å². The van der Waals surface area contributed by atoms with Crippen molar-refractivity contribution in [3.05, 3.63) is 34.9 Å². The Labute approximate surface area is 162 Å². The maximum Gasteiger partial charge on any atom is 0.335 e. The molecule has 0 aliphatic carbocycles. The number of hydrogen-bond acceptors (Lipinski definition) is 3. The molecule has 0 atom stereocenters. The van der Waals surface area contributed by atoms with Gasteiger partial charge in [0.15, 0.2) is 0 Å². The summed E-state index contributed by atoms with van der Waals surface area (Å²) < 4.78 is 0. The third-order valence-electron chi connectivity index (χ3n) is 1.67. The number of carboxylic acids is 3. The van der Waals surface area contributed by atoms with Crippen LogP contribution in [0.1, 0.15) is 31.1 Å². The van der Waals surface area contributed by atoms with Crippen molar-refractivity contribution in [1.29, 1.82) is 0 Å². The minimum Gasteiger partial charge on any atom is -0.478 e. The van der Waals surface area contributed by atoms with Gasteiger partial charge >= 0.3 is 17.9 Å². The molecule has 3 N–H and O–H groups in total. The van der Waals surface area contributed by atoms with E-state index in [1.165, 1.54) is 0 Å². The number of carbonyl (C=O) groups is 3. The molecule has 0 saturated carbocycles. The maximum atomic E-state index is 10.6. The minimum absolute atomic E-state index is 0. The average molecular weight is 451 g/mol. The predicted octanol–water partition coefficient (Wildman–Crippen LogP) is 0.779. The molecule has 0 aliphatic heterocycles. The maximum absolute atomic E-state index is 10.6. The summed E-state index contributed by atoms with van der Waals surface area (Å²) in [6.07, 6.45) is 0. The molecule has 0 fully saturated rings. The molecule has 0 unspecified atom stereocenters. The van der Waals surface area contributed by atoms with Crippen LogP contribution >= 0.6 is 0 Å². The molecule has 88 valence electrons. The summed E-state index contributed by atoms with van der Waals surface area (Å²) >= 11 is 0. The number of benzene rings is 1. The van der Waals surface area contributed by atoms with Gasteiger partial charge in [0.05, 0.1) is 16.7 Å². The molecule has 1 aromatic carbocycles. The summed E-state index contributed by atoms with van der Waals surface area (Å²) in [6, 6.07) is 2.70. The molecule has 2 radical (unpaired) electrons. The van der Waals surface area contributed by atoms with Gasteiger partial charge in [0.1, 0.15) is 0 Å². The van der Waals surface area contributed by atoms with Gasteiger partial charge in [-0.2, -0.15) is 0 Å². The smallest absolute Gasteiger partial charge is 0.335 e. The van der Waals surface area contributed by atoms with E-state index in [1.54, 1.807) is 0 Å². The van der Waals surface area contributed by atoms with Gasteiger partial charge in [-0.3, -0.25) is 0 Å². The van der Waals surface area contributed by atoms with Crippen molar-refractivity contribution < 1.29 is 112 Å². The molecule has 0 spiro atoms. The first-order valence-corrected chi connectivity index (χ1v) is 3.77. The largest absolute Gasteiger partial charge is 0.478 e. The van der Waals surface area contributed by atoms with Gasteiger partial charge < -0.3 is 15.3 Å². The van der Waals surface area contributed by atoms with Crippen molar-refractivity contribution in [1.82, 2.24) is 0 Å². The van der Waals surface area contributed by atoms with Crippen molar-refractivity contribution in [3.63, 3.8) is 0 Å². The molecule has 8 heteroatoms. The fourth-order valence-electron chi connectivity index (χ4n) is 0.998. The van der Waals surface area contributed by atoms with E-state index < -0.39 is 17.9 Å². The van der Waals surface area contributed by atoms with Gasteiger partial charge in [0, 0.05) is 82.1 Å². The first-order chi connectivity index (χ1) is 6.91. The average Bonchev–Trinajstić information content (AvgIpc) is 2.16. The van der Waals surface area contributed by atoms with Crippen LogP contribution in [0.15, 0.2) is 18.2 Å². The number of hydrogen-bond donors (Lipinski definition) is 3. The van der Waals surface area contributed by atoms with E-state index in [2.05, 4.69) is 0 Å². The quantitative estimate of drug-likeness (QED) is 0.627. The van der Waals surface area contributed by atoms with Gasteiger partial charge in [-0.15, -0.1) is 0 Å². The Hall–Kier alpha value is 0.318. The summed E-state index contributed by atoms with van der Waals surface area (Å²) in [5.74, 6) is -4.12. The molecule has 0 heterocycles. The van der Waals surface area contributed by atoms with Crippen LogP contribution in [0.3, 0.4) is 0 Å². The fraction of sp³-hybridized carbons (Fsp3) is 0. The Morgan fingerprint density at radius 3 is 1.00 bits per heavy atom. The summed E-state index contributed by atoms with van der Waals surface area (Å²) in [4.78, 5) is 31.7. The Kier molecular flexibility index (Phi) is 9.74. The predicted molar refractivity (Wildman–Crippen MR) is 47.3 cm³/mol. The standard InChI is InChI=1S/C9H6O6.Eu.Y/c10-7(11)4-1-5(8(12)13)3-6(2-4)9(14)15;;/h1-3H,(H,10,11)(H,12,13)(H,14,15);;. The van der Waals surface area contributed by atoms with Gasteiger partial charge in [-0.25, -0.2) is 14.4 Å². The molecular formula is C9H6EuO6Y. The summed E-state index contributed by atoms with van der Waals surface area (Å²) in [6.45, 7) is 0. The van der Waals surface area contributed by atoms with E-state index in [9.17, 15) is 14.4 Å². The van der Waals surface area contributed by atoms with E-state index in [1.807, 2.05) is 0 Å². The zero-order valence-electron chi connectivity index (χ0n) is 8.25. The van der Waals surface area contributed by atoms with Crippen LogP contribution in [0.4, 0.5) is 0 Å². The van der Waals surface area contributed by atoms with Gasteiger partial charge in [0.25, 0.3) is 0 Å². The van der Waals surface area contributed by atoms with Gasteiger partial charge in [-0.05, 0) is 18.2 Å². The monoisotopic (exact) mass is 452 g/mol. The zero-order chi connectivity index (χ0) is 11.6. The molecule has 1 rings (SSSR count). The Bertz CT molecular complexity index is 380. The van der Waals surface area contributed by atoms with E-state index in [4.69, 9.17) is 15.3 Å². The number of carboxylic acid groups (broad SMARTS) is 3. The van der Waals surface area contributed by atoms with Crippen LogP contribution in [0.25, 0.3) is 0 Å². The summed E-state index contributed by atoms with van der Waals surface area (Å²) in [5, 5.41) is 25.8. The van der Waals surface area contributed by atoms with Crippen molar-refractivity contribution in [2.75, 3.05) is 0 Å². The SMILES string of the molecule is O=C(O)c1cc(C(=O)O)cc(C(=O)O)c1.[Eu].[Y]. The van der Waals surface area contributed by atoms with Crippen LogP contribution in [-0.4, -0.2) is 33.2 Å². The molecule has 0 amide bonds. The second-order valence-corrected chi connectivity index (χ2v) is 2.71. The summed E-state index contributed by atoms with van der Waals surface area (Å²) in [7, 11) is 0. The van der Waals surface area contributed by atoms with E-state index in [0.29, 0.717) is 0 Å². The third kappa shape index (κ3) is 5.66. The fourth-order valence-corrected chi connectivity index (χ4v) is 0.998. The van der Waals surface area contributed by atoms with Crippen molar-refractivity contribution in [3.8, 4) is 0 Å². The van der Waals surface area contributed by atoms with Crippen molar-refractivity contribution in [2.45, 2.75) is 0 Å². The van der Waals surface area contributed by atoms with Gasteiger partial charge in [0.2, 0.25) is 0 Å². The normalized spacial score (nSPS) is 8.47. The summed E-state index contributed by atoms with van der Waals surface area (Å²) in [5.41, 5.74) is -1.10. The number of aromatic carboxylic acids is 3.